The molecule has 0 radical (unpaired) electrons. The molecule has 1 heterocycles. The second kappa shape index (κ2) is 5.73. The van der Waals surface area contributed by atoms with E-state index >= 15 is 0 Å². The summed E-state index contributed by atoms with van der Waals surface area (Å²) < 4.78 is 39.8. The van der Waals surface area contributed by atoms with Gasteiger partial charge in [-0.3, -0.25) is 4.79 Å². The van der Waals surface area contributed by atoms with Crippen molar-refractivity contribution in [1.29, 1.82) is 0 Å². The first kappa shape index (κ1) is 13.9. The first-order valence-electron chi connectivity index (χ1n) is 3.60. The number of carbonyl (C=O) groups is 2. The lowest BCUT2D eigenvalue weighted by Gasteiger charge is -2.02. The number of carboxylic acids is 1. The second-order valence-corrected chi connectivity index (χ2v) is 2.22. The van der Waals surface area contributed by atoms with Crippen LogP contribution in [0.3, 0.4) is 0 Å². The molecule has 0 fully saturated rings. The molecule has 0 saturated carbocycles. The smallest absolute Gasteiger partial charge is 0.476 e. The molecule has 0 amide bonds. The van der Waals surface area contributed by atoms with Crippen LogP contribution in [-0.4, -0.2) is 28.4 Å². The average molecular weight is 241 g/mol. The van der Waals surface area contributed by atoms with Gasteiger partial charge in [-0.15, -0.1) is 13.2 Å². The molecule has 0 unspecified atom stereocenters. The van der Waals surface area contributed by atoms with Gasteiger partial charge in [0.15, 0.2) is 12.1 Å². The molecular weight excluding hydrogens is 235 g/mol. The minimum Gasteiger partial charge on any atom is -0.476 e. The molecule has 0 aliphatic carbocycles. The van der Waals surface area contributed by atoms with E-state index in [2.05, 4.69) is 14.1 Å². The van der Waals surface area contributed by atoms with Gasteiger partial charge in [-0.25, -0.2) is 9.78 Å². The standard InChI is InChI=1S/C4H3NO3.C3H3F3O2/c6-4(7)3-1-8-2-5-3;1-2(7)8-3(4,5)6/h1-2H,(H,6,7);1H3. The van der Waals surface area contributed by atoms with Crippen LogP contribution in [0.15, 0.2) is 17.1 Å². The summed E-state index contributed by atoms with van der Waals surface area (Å²) in [5, 5.41) is 8.15. The number of esters is 1. The first-order chi connectivity index (χ1) is 7.22. The van der Waals surface area contributed by atoms with Crippen LogP contribution in [0.4, 0.5) is 13.2 Å². The largest absolute Gasteiger partial charge is 0.575 e. The van der Waals surface area contributed by atoms with Crippen molar-refractivity contribution in [2.45, 2.75) is 13.3 Å². The fourth-order valence-electron chi connectivity index (χ4n) is 0.481. The highest BCUT2D eigenvalue weighted by Crippen LogP contribution is 2.15. The van der Waals surface area contributed by atoms with Gasteiger partial charge in [0.05, 0.1) is 0 Å². The predicted molar refractivity (Wildman–Crippen MR) is 41.3 cm³/mol. The lowest BCUT2D eigenvalue weighted by molar-refractivity contribution is -0.304. The average Bonchev–Trinajstić information content (AvgIpc) is 2.50. The van der Waals surface area contributed by atoms with Gasteiger partial charge in [0, 0.05) is 6.92 Å². The van der Waals surface area contributed by atoms with E-state index in [9.17, 15) is 22.8 Å². The van der Waals surface area contributed by atoms with E-state index < -0.39 is 18.3 Å². The number of carbonyl (C=O) groups excluding carboxylic acids is 1. The van der Waals surface area contributed by atoms with Crippen LogP contribution in [0.25, 0.3) is 0 Å². The van der Waals surface area contributed by atoms with Crippen LogP contribution >= 0.6 is 0 Å². The fourth-order valence-corrected chi connectivity index (χ4v) is 0.481. The summed E-state index contributed by atoms with van der Waals surface area (Å²) in [6, 6.07) is 0. The molecule has 90 valence electrons. The number of ether oxygens (including phenoxy) is 1. The Kier molecular flexibility index (Phi) is 4.99. The molecule has 0 aliphatic rings. The van der Waals surface area contributed by atoms with Crippen molar-refractivity contribution in [3.63, 3.8) is 0 Å². The Hall–Kier alpha value is -2.06. The summed E-state index contributed by atoms with van der Waals surface area (Å²) in [6.45, 7) is 0.688. The van der Waals surface area contributed by atoms with E-state index in [4.69, 9.17) is 5.11 Å². The van der Waals surface area contributed by atoms with Crippen LogP contribution in [0, 0.1) is 0 Å². The van der Waals surface area contributed by atoms with Crippen molar-refractivity contribution >= 4 is 11.9 Å². The van der Waals surface area contributed by atoms with Gasteiger partial charge >= 0.3 is 18.3 Å². The molecule has 1 rings (SSSR count). The number of aromatic nitrogens is 1. The normalized spacial score (nSPS) is 10.0. The minimum absolute atomic E-state index is 0.0648. The summed E-state index contributed by atoms with van der Waals surface area (Å²) in [7, 11) is 0. The van der Waals surface area contributed by atoms with E-state index in [1.54, 1.807) is 0 Å². The summed E-state index contributed by atoms with van der Waals surface area (Å²) in [4.78, 5) is 22.8. The number of nitrogens with zero attached hydrogens (tertiary/aromatic N) is 1. The Balaban J connectivity index is 0.000000281. The Bertz CT molecular complexity index is 345. The van der Waals surface area contributed by atoms with E-state index in [0.29, 0.717) is 6.92 Å². The lowest BCUT2D eigenvalue weighted by atomic mass is 10.5. The zero-order valence-electron chi connectivity index (χ0n) is 7.82. The minimum atomic E-state index is -4.83. The fraction of sp³-hybridized carbons (Fsp3) is 0.286. The van der Waals surface area contributed by atoms with Crippen molar-refractivity contribution in [2.24, 2.45) is 0 Å². The van der Waals surface area contributed by atoms with Crippen LogP contribution in [0.2, 0.25) is 0 Å². The predicted octanol–water partition coefficient (Wildman–Crippen LogP) is 1.44. The number of carboxylic acid groups (broad SMARTS) is 1. The molecule has 6 nitrogen and oxygen atoms in total. The van der Waals surface area contributed by atoms with Crippen molar-refractivity contribution in [3.05, 3.63) is 18.4 Å². The highest BCUT2D eigenvalue weighted by molar-refractivity contribution is 5.84. The molecular formula is C7H6F3NO5. The van der Waals surface area contributed by atoms with Gasteiger partial charge in [0.25, 0.3) is 0 Å². The highest BCUT2D eigenvalue weighted by Gasteiger charge is 2.32. The summed E-state index contributed by atoms with van der Waals surface area (Å²) >= 11 is 0. The van der Waals surface area contributed by atoms with Crippen molar-refractivity contribution in [3.8, 4) is 0 Å². The molecule has 0 bridgehead atoms. The van der Waals surface area contributed by atoms with Gasteiger partial charge in [0.1, 0.15) is 6.26 Å². The quantitative estimate of drug-likeness (QED) is 0.748. The Morgan fingerprint density at radius 1 is 1.50 bits per heavy atom. The Labute approximate surface area is 86.6 Å². The molecule has 0 saturated heterocycles. The third-order valence-electron chi connectivity index (χ3n) is 0.911. The molecule has 0 aliphatic heterocycles. The van der Waals surface area contributed by atoms with Gasteiger partial charge in [-0.2, -0.15) is 0 Å². The van der Waals surface area contributed by atoms with Gasteiger partial charge < -0.3 is 14.3 Å². The van der Waals surface area contributed by atoms with E-state index in [-0.39, 0.29) is 5.69 Å². The first-order valence-corrected chi connectivity index (χ1v) is 3.60. The Morgan fingerprint density at radius 2 is 2.06 bits per heavy atom. The molecule has 0 spiro atoms. The Morgan fingerprint density at radius 3 is 2.19 bits per heavy atom. The van der Waals surface area contributed by atoms with E-state index in [1.807, 2.05) is 0 Å². The lowest BCUT2D eigenvalue weighted by Crippen LogP contribution is -2.16. The van der Waals surface area contributed by atoms with Crippen LogP contribution < -0.4 is 0 Å². The number of alkyl halides is 3. The SMILES string of the molecule is CC(=O)OC(F)(F)F.O=C(O)c1cocn1. The van der Waals surface area contributed by atoms with E-state index in [1.165, 1.54) is 0 Å². The number of aromatic carboxylic acids is 1. The monoisotopic (exact) mass is 241 g/mol. The number of hydrogen-bond donors (Lipinski definition) is 1. The number of oxazole rings is 1. The van der Waals surface area contributed by atoms with Crippen LogP contribution in [-0.2, 0) is 9.53 Å². The highest BCUT2D eigenvalue weighted by atomic mass is 19.4. The molecule has 16 heavy (non-hydrogen) atoms. The number of rotatable bonds is 1. The molecule has 1 aromatic heterocycles. The molecule has 0 aromatic carbocycles. The number of hydrogen-bond acceptors (Lipinski definition) is 5. The van der Waals surface area contributed by atoms with Crippen LogP contribution in [0.1, 0.15) is 17.4 Å². The zero-order chi connectivity index (χ0) is 12.8. The van der Waals surface area contributed by atoms with Crippen molar-refractivity contribution in [2.75, 3.05) is 0 Å². The zero-order valence-corrected chi connectivity index (χ0v) is 7.82. The molecule has 9 heteroatoms. The third-order valence-corrected chi connectivity index (χ3v) is 0.911. The summed E-state index contributed by atoms with van der Waals surface area (Å²) in [5.41, 5.74) is -0.0648. The molecule has 1 N–H and O–H groups in total. The topological polar surface area (TPSA) is 89.6 Å². The van der Waals surface area contributed by atoms with E-state index in [0.717, 1.165) is 12.7 Å². The summed E-state index contributed by atoms with van der Waals surface area (Å²) in [6.07, 6.45) is -2.68. The van der Waals surface area contributed by atoms with Crippen LogP contribution in [0.5, 0.6) is 0 Å². The van der Waals surface area contributed by atoms with Crippen molar-refractivity contribution in [1.82, 2.24) is 4.98 Å². The second-order valence-electron chi connectivity index (χ2n) is 2.22. The maximum atomic E-state index is 10.9. The van der Waals surface area contributed by atoms with Crippen molar-refractivity contribution < 1.29 is 37.0 Å². The number of halogens is 3. The van der Waals surface area contributed by atoms with Gasteiger partial charge in [-0.1, -0.05) is 0 Å². The maximum Gasteiger partial charge on any atom is 0.575 e. The maximum absolute atomic E-state index is 10.9. The summed E-state index contributed by atoms with van der Waals surface area (Å²) in [5.74, 6) is -2.42. The molecule has 1 aromatic rings. The van der Waals surface area contributed by atoms with Gasteiger partial charge in [-0.05, 0) is 0 Å². The third kappa shape index (κ3) is 7.35. The van der Waals surface area contributed by atoms with Gasteiger partial charge in [0.2, 0.25) is 0 Å². The molecule has 0 atom stereocenters.